The predicted octanol–water partition coefficient (Wildman–Crippen LogP) is 3.31. The molecule has 0 aliphatic heterocycles. The summed E-state index contributed by atoms with van der Waals surface area (Å²) >= 11 is 0. The van der Waals surface area contributed by atoms with Gasteiger partial charge in [-0.15, -0.1) is 0 Å². The number of nitrogens with one attached hydrogen (secondary N) is 1. The maximum atomic E-state index is 13.3. The summed E-state index contributed by atoms with van der Waals surface area (Å²) in [7, 11) is 0. The van der Waals surface area contributed by atoms with Gasteiger partial charge in [-0.25, -0.2) is 4.39 Å². The number of alkyl halides is 1. The minimum absolute atomic E-state index is 0. The highest BCUT2D eigenvalue weighted by molar-refractivity contribution is 5.80. The van der Waals surface area contributed by atoms with Gasteiger partial charge in [-0.2, -0.15) is 0 Å². The fraction of sp³-hybridized carbons (Fsp3) is 0.923. The predicted molar refractivity (Wildman–Crippen MR) is 66.0 cm³/mol. The molecular formula is C13H26FNO. The molecule has 1 rings (SSSR count). The first-order valence-corrected chi connectivity index (χ1v) is 6.15. The molecular weight excluding hydrogens is 205 g/mol. The third-order valence-electron chi connectivity index (χ3n) is 3.48. The van der Waals surface area contributed by atoms with E-state index in [0.29, 0.717) is 12.8 Å². The zero-order valence-electron chi connectivity index (χ0n) is 11.1. The van der Waals surface area contributed by atoms with Gasteiger partial charge in [-0.3, -0.25) is 4.79 Å². The monoisotopic (exact) mass is 231 g/mol. The van der Waals surface area contributed by atoms with E-state index >= 15 is 0 Å². The summed E-state index contributed by atoms with van der Waals surface area (Å²) in [6.45, 7) is 9.97. The first-order valence-electron chi connectivity index (χ1n) is 6.15. The Kier molecular flexibility index (Phi) is 3.65. The number of halogens is 1. The van der Waals surface area contributed by atoms with Crippen LogP contribution in [0, 0.1) is 11.3 Å². The van der Waals surface area contributed by atoms with E-state index < -0.39 is 5.67 Å². The van der Waals surface area contributed by atoms with Crippen LogP contribution in [0.4, 0.5) is 4.39 Å². The van der Waals surface area contributed by atoms with E-state index in [1.165, 1.54) is 0 Å². The van der Waals surface area contributed by atoms with Gasteiger partial charge in [0.05, 0.1) is 0 Å². The van der Waals surface area contributed by atoms with Crippen LogP contribution in [-0.2, 0) is 4.79 Å². The smallest absolute Gasteiger partial charge is 0.223 e. The zero-order chi connectivity index (χ0) is 12.6. The van der Waals surface area contributed by atoms with E-state index in [1.807, 2.05) is 0 Å². The van der Waals surface area contributed by atoms with Crippen molar-refractivity contribution in [2.75, 3.05) is 0 Å². The lowest BCUT2D eigenvalue weighted by atomic mass is 9.72. The van der Waals surface area contributed by atoms with E-state index in [1.54, 1.807) is 6.92 Å². The second-order valence-corrected chi connectivity index (χ2v) is 6.35. The van der Waals surface area contributed by atoms with Crippen LogP contribution in [0.25, 0.3) is 0 Å². The fourth-order valence-electron chi connectivity index (χ4n) is 2.37. The first kappa shape index (κ1) is 13.5. The maximum absolute atomic E-state index is 13.3. The van der Waals surface area contributed by atoms with E-state index in [0.717, 1.165) is 6.42 Å². The third-order valence-corrected chi connectivity index (χ3v) is 3.48. The van der Waals surface area contributed by atoms with Crippen LogP contribution in [0.15, 0.2) is 0 Å². The van der Waals surface area contributed by atoms with Crippen LogP contribution in [0.1, 0.15) is 55.3 Å². The maximum Gasteiger partial charge on any atom is 0.223 e. The number of amides is 1. The number of rotatable bonds is 3. The van der Waals surface area contributed by atoms with Crippen LogP contribution < -0.4 is 5.32 Å². The Balaban J connectivity index is 0.00000256. The Bertz CT molecular complexity index is 265. The molecule has 0 saturated heterocycles. The highest BCUT2D eigenvalue weighted by Gasteiger charge is 2.44. The summed E-state index contributed by atoms with van der Waals surface area (Å²) in [5, 5.41) is 3.04. The average Bonchev–Trinajstić information content (AvgIpc) is 2.07. The largest absolute Gasteiger partial charge is 0.353 e. The molecule has 0 unspecified atom stereocenters. The molecule has 96 valence electrons. The molecule has 0 aromatic rings. The Labute approximate surface area is 99.5 Å². The molecule has 1 fully saturated rings. The molecule has 2 nitrogen and oxygen atoms in total. The molecule has 1 saturated carbocycles. The molecule has 1 aliphatic carbocycles. The lowest BCUT2D eigenvalue weighted by Crippen LogP contribution is -2.51. The molecule has 0 aromatic heterocycles. The van der Waals surface area contributed by atoms with Crippen molar-refractivity contribution in [1.29, 1.82) is 0 Å². The van der Waals surface area contributed by atoms with E-state index in [9.17, 15) is 9.18 Å². The van der Waals surface area contributed by atoms with E-state index in [2.05, 4.69) is 33.0 Å². The Morgan fingerprint density at radius 2 is 2.06 bits per heavy atom. The molecule has 1 aliphatic rings. The second-order valence-electron chi connectivity index (χ2n) is 6.35. The van der Waals surface area contributed by atoms with Crippen molar-refractivity contribution in [2.45, 2.75) is 65.6 Å². The minimum Gasteiger partial charge on any atom is -0.353 e. The normalized spacial score (nSPS) is 31.8. The van der Waals surface area contributed by atoms with Crippen molar-refractivity contribution < 1.29 is 10.6 Å². The zero-order valence-corrected chi connectivity index (χ0v) is 11.1. The van der Waals surface area contributed by atoms with Gasteiger partial charge >= 0.3 is 0 Å². The molecule has 0 bridgehead atoms. The van der Waals surface area contributed by atoms with Gasteiger partial charge in [0.25, 0.3) is 0 Å². The summed E-state index contributed by atoms with van der Waals surface area (Å²) in [6, 6.07) is 0.173. The second kappa shape index (κ2) is 4.34. The van der Waals surface area contributed by atoms with Crippen LogP contribution in [-0.4, -0.2) is 17.6 Å². The Hall–Kier alpha value is -0.600. The number of carbonyl (C=O) groups excluding carboxylic acids is 1. The van der Waals surface area contributed by atoms with Crippen molar-refractivity contribution in [3.63, 3.8) is 0 Å². The summed E-state index contributed by atoms with van der Waals surface area (Å²) in [4.78, 5) is 11.9. The average molecular weight is 231 g/mol. The van der Waals surface area contributed by atoms with E-state index in [4.69, 9.17) is 0 Å². The summed E-state index contributed by atoms with van der Waals surface area (Å²) in [6.07, 6.45) is 1.66. The highest BCUT2D eigenvalue weighted by Crippen LogP contribution is 2.41. The van der Waals surface area contributed by atoms with Gasteiger partial charge < -0.3 is 5.32 Å². The summed E-state index contributed by atoms with van der Waals surface area (Å²) in [5.41, 5.74) is -1.06. The van der Waals surface area contributed by atoms with Crippen LogP contribution >= 0.6 is 0 Å². The Morgan fingerprint density at radius 3 is 2.38 bits per heavy atom. The Morgan fingerprint density at radius 1 is 1.56 bits per heavy atom. The van der Waals surface area contributed by atoms with Crippen molar-refractivity contribution >= 4 is 5.91 Å². The van der Waals surface area contributed by atoms with Crippen molar-refractivity contribution in [3.05, 3.63) is 0 Å². The first-order chi connectivity index (χ1) is 7.15. The summed E-state index contributed by atoms with van der Waals surface area (Å²) < 4.78 is 13.3. The lowest BCUT2D eigenvalue weighted by molar-refractivity contribution is -0.134. The van der Waals surface area contributed by atoms with Gasteiger partial charge in [0.2, 0.25) is 5.91 Å². The molecule has 16 heavy (non-hydrogen) atoms. The van der Waals surface area contributed by atoms with E-state index in [-0.39, 0.29) is 24.7 Å². The molecule has 1 N–H and O–H groups in total. The number of hydrogen-bond donors (Lipinski definition) is 1. The minimum atomic E-state index is -1.12. The van der Waals surface area contributed by atoms with Gasteiger partial charge in [0.15, 0.2) is 0 Å². The fourth-order valence-corrected chi connectivity index (χ4v) is 2.37. The molecule has 1 amide bonds. The topological polar surface area (TPSA) is 29.1 Å². The van der Waals surface area contributed by atoms with Crippen molar-refractivity contribution in [3.8, 4) is 0 Å². The molecule has 3 heteroatoms. The summed E-state index contributed by atoms with van der Waals surface area (Å²) in [5.74, 6) is -0.0942. The standard InChI is InChI=1S/C13H24FNO.H2/c1-6-10(12(2,3)4)15-11(16)9-7-13(5,14)8-9;/h9-10H,6-8H2,1-5H3,(H,15,16);1H/t9?,10-,13?;/m1./s1. The lowest BCUT2D eigenvalue weighted by Gasteiger charge is -2.39. The highest BCUT2D eigenvalue weighted by atomic mass is 19.1. The molecule has 0 radical (unpaired) electrons. The number of carbonyl (C=O) groups is 1. The van der Waals surface area contributed by atoms with Crippen molar-refractivity contribution in [1.82, 2.24) is 5.32 Å². The van der Waals surface area contributed by atoms with Gasteiger partial charge in [-0.1, -0.05) is 27.7 Å². The quantitative estimate of drug-likeness (QED) is 0.793. The SMILES string of the molecule is CC[C@@H](NC(=O)C1CC(C)(F)C1)C(C)(C)C.[HH]. The molecule has 0 heterocycles. The van der Waals surface area contributed by atoms with Gasteiger partial charge in [0.1, 0.15) is 5.67 Å². The van der Waals surface area contributed by atoms with Crippen LogP contribution in [0.2, 0.25) is 0 Å². The molecule has 0 spiro atoms. The van der Waals surface area contributed by atoms with Crippen LogP contribution in [0.5, 0.6) is 0 Å². The molecule has 1 atom stereocenters. The van der Waals surface area contributed by atoms with Crippen molar-refractivity contribution in [2.24, 2.45) is 11.3 Å². The number of hydrogen-bond acceptors (Lipinski definition) is 1. The third kappa shape index (κ3) is 3.19. The molecule has 0 aromatic carbocycles. The van der Waals surface area contributed by atoms with Gasteiger partial charge in [-0.05, 0) is 31.6 Å². The van der Waals surface area contributed by atoms with Crippen LogP contribution in [0.3, 0.4) is 0 Å². The van der Waals surface area contributed by atoms with Gasteiger partial charge in [0, 0.05) is 13.4 Å².